The second kappa shape index (κ2) is 14.4. The smallest absolute Gasteiger partial charge is 0.408 e. The zero-order chi connectivity index (χ0) is 32.0. The molecule has 0 bridgehead atoms. The number of ether oxygens (including phenoxy) is 2. The Bertz CT molecular complexity index is 1310. The predicted molar refractivity (Wildman–Crippen MR) is 167 cm³/mol. The molecule has 11 nitrogen and oxygen atoms in total. The molecule has 0 unspecified atom stereocenters. The van der Waals surface area contributed by atoms with Gasteiger partial charge >= 0.3 is 12.1 Å². The number of aromatic nitrogens is 2. The fourth-order valence-corrected chi connectivity index (χ4v) is 6.21. The van der Waals surface area contributed by atoms with Gasteiger partial charge in [0.15, 0.2) is 0 Å². The molecule has 4 rings (SSSR count). The lowest BCUT2D eigenvalue weighted by molar-refractivity contribution is -0.146. The van der Waals surface area contributed by atoms with Crippen LogP contribution in [-0.4, -0.2) is 63.7 Å². The van der Waals surface area contributed by atoms with Crippen molar-refractivity contribution in [2.75, 3.05) is 0 Å². The number of carbonyl (C=O) groups is 4. The number of rotatable bonds is 11. The lowest BCUT2D eigenvalue weighted by atomic mass is 9.83. The van der Waals surface area contributed by atoms with E-state index >= 15 is 0 Å². The van der Waals surface area contributed by atoms with Crippen LogP contribution in [0.25, 0.3) is 11.0 Å². The summed E-state index contributed by atoms with van der Waals surface area (Å²) in [7, 11) is 0. The van der Waals surface area contributed by atoms with Gasteiger partial charge < -0.3 is 30.4 Å². The summed E-state index contributed by atoms with van der Waals surface area (Å²) in [5, 5.41) is 9.61. The molecule has 1 aliphatic heterocycles. The van der Waals surface area contributed by atoms with Gasteiger partial charge in [0.1, 0.15) is 29.4 Å². The number of hydrogen-bond acceptors (Lipinski definition) is 7. The Morgan fingerprint density at radius 3 is 2.45 bits per heavy atom. The molecule has 4 N–H and O–H groups in total. The van der Waals surface area contributed by atoms with Crippen LogP contribution in [-0.2, 0) is 30.3 Å². The topological polar surface area (TPSA) is 152 Å². The highest BCUT2D eigenvalue weighted by Crippen LogP contribution is 2.32. The van der Waals surface area contributed by atoms with E-state index in [1.807, 2.05) is 26.8 Å². The van der Waals surface area contributed by atoms with Gasteiger partial charge in [-0.2, -0.15) is 0 Å². The molecule has 2 aliphatic rings. The van der Waals surface area contributed by atoms with E-state index in [9.17, 15) is 19.2 Å². The third kappa shape index (κ3) is 8.95. The Hall–Kier alpha value is -3.63. The molecule has 1 aliphatic carbocycles. The molecule has 0 aromatic carbocycles. The first-order valence-electron chi connectivity index (χ1n) is 16.0. The number of nitrogens with one attached hydrogen (secondary N) is 4. The first kappa shape index (κ1) is 33.3. The highest BCUT2D eigenvalue weighted by atomic mass is 16.6. The molecule has 5 atom stereocenters. The lowest BCUT2D eigenvalue weighted by Crippen LogP contribution is -2.58. The third-order valence-corrected chi connectivity index (χ3v) is 8.56. The maximum absolute atomic E-state index is 13.8. The standard InChI is InChI=1S/C33H49N5O6/c1-19(2)27(30(40)36-24(16-21-11-8-7-9-12-21)26-15-20(3)31(41)43-26)38-29(39)25(37-32(42)44-33(4,5)6)17-22-18-35-28-23(22)13-10-14-34-28/h10,13-14,18-21,24-27H,7-9,11-12,15-17H2,1-6H3,(H,34,35)(H,36,40)(H,37,42)(H,38,39)/t20-,24+,25+,26+,27+/m1/s1. The molecule has 242 valence electrons. The van der Waals surface area contributed by atoms with Crippen LogP contribution in [0.2, 0.25) is 0 Å². The summed E-state index contributed by atoms with van der Waals surface area (Å²) in [6.45, 7) is 10.8. The number of hydrogen-bond donors (Lipinski definition) is 4. The van der Waals surface area contributed by atoms with E-state index in [4.69, 9.17) is 9.47 Å². The maximum Gasteiger partial charge on any atom is 0.408 e. The van der Waals surface area contributed by atoms with Crippen LogP contribution < -0.4 is 16.0 Å². The van der Waals surface area contributed by atoms with E-state index in [0.29, 0.717) is 18.0 Å². The number of carbonyl (C=O) groups excluding carboxylic acids is 4. The third-order valence-electron chi connectivity index (χ3n) is 8.56. The summed E-state index contributed by atoms with van der Waals surface area (Å²) in [4.78, 5) is 60.1. The molecule has 0 spiro atoms. The molecule has 3 heterocycles. The molecule has 11 heteroatoms. The molecular formula is C33H49N5O6. The molecule has 1 saturated carbocycles. The minimum Gasteiger partial charge on any atom is -0.460 e. The minimum absolute atomic E-state index is 0.156. The van der Waals surface area contributed by atoms with E-state index in [2.05, 4.69) is 25.9 Å². The van der Waals surface area contributed by atoms with Crippen molar-refractivity contribution < 1.29 is 28.7 Å². The normalized spacial score (nSPS) is 21.4. The predicted octanol–water partition coefficient (Wildman–Crippen LogP) is 4.55. The number of amides is 3. The Labute approximate surface area is 260 Å². The molecule has 2 fully saturated rings. The van der Waals surface area contributed by atoms with E-state index in [1.165, 1.54) is 6.42 Å². The first-order chi connectivity index (χ1) is 20.8. The first-order valence-corrected chi connectivity index (χ1v) is 16.0. The number of H-pyrrole nitrogens is 1. The Kier molecular flexibility index (Phi) is 10.9. The van der Waals surface area contributed by atoms with Crippen LogP contribution in [0, 0.1) is 17.8 Å². The summed E-state index contributed by atoms with van der Waals surface area (Å²) >= 11 is 0. The van der Waals surface area contributed by atoms with Crippen LogP contribution in [0.4, 0.5) is 4.79 Å². The molecule has 3 amide bonds. The van der Waals surface area contributed by atoms with Crippen LogP contribution in [0.5, 0.6) is 0 Å². The maximum atomic E-state index is 13.8. The number of esters is 1. The summed E-state index contributed by atoms with van der Waals surface area (Å²) in [6, 6.07) is 1.46. The van der Waals surface area contributed by atoms with Gasteiger partial charge in [-0.3, -0.25) is 14.4 Å². The van der Waals surface area contributed by atoms with Crippen molar-refractivity contribution in [3.05, 3.63) is 30.1 Å². The van der Waals surface area contributed by atoms with Crippen molar-refractivity contribution in [1.29, 1.82) is 0 Å². The highest BCUT2D eigenvalue weighted by Gasteiger charge is 2.40. The number of pyridine rings is 1. The van der Waals surface area contributed by atoms with E-state index < -0.39 is 35.8 Å². The number of fused-ring (bicyclic) bond motifs is 1. The highest BCUT2D eigenvalue weighted by molar-refractivity contribution is 5.92. The molecule has 2 aromatic rings. The largest absolute Gasteiger partial charge is 0.460 e. The van der Waals surface area contributed by atoms with Gasteiger partial charge in [-0.05, 0) is 63.1 Å². The van der Waals surface area contributed by atoms with Gasteiger partial charge in [0, 0.05) is 24.2 Å². The van der Waals surface area contributed by atoms with Gasteiger partial charge in [0.05, 0.1) is 12.0 Å². The van der Waals surface area contributed by atoms with Crippen molar-refractivity contribution in [2.24, 2.45) is 17.8 Å². The zero-order valence-corrected chi connectivity index (χ0v) is 26.9. The number of nitrogens with zero attached hydrogens (tertiary/aromatic N) is 1. The fraction of sp³-hybridized carbons (Fsp3) is 0.667. The quantitative estimate of drug-likeness (QED) is 0.272. The van der Waals surface area contributed by atoms with Gasteiger partial charge in [-0.15, -0.1) is 0 Å². The molecule has 2 aromatic heterocycles. The van der Waals surface area contributed by atoms with Crippen molar-refractivity contribution >= 4 is 34.9 Å². The summed E-state index contributed by atoms with van der Waals surface area (Å²) in [5.74, 6) is -1.10. The average Bonchev–Trinajstić information content (AvgIpc) is 3.52. The zero-order valence-electron chi connectivity index (χ0n) is 26.9. The van der Waals surface area contributed by atoms with Gasteiger partial charge in [0.25, 0.3) is 0 Å². The Morgan fingerprint density at radius 2 is 1.82 bits per heavy atom. The van der Waals surface area contributed by atoms with Crippen molar-refractivity contribution in [1.82, 2.24) is 25.9 Å². The Balaban J connectivity index is 1.51. The van der Waals surface area contributed by atoms with E-state index in [0.717, 1.165) is 43.1 Å². The van der Waals surface area contributed by atoms with Gasteiger partial charge in [-0.1, -0.05) is 52.9 Å². The second-order valence-corrected chi connectivity index (χ2v) is 13.8. The monoisotopic (exact) mass is 611 g/mol. The average molecular weight is 612 g/mol. The van der Waals surface area contributed by atoms with E-state index in [-0.39, 0.29) is 36.2 Å². The van der Waals surface area contributed by atoms with Crippen LogP contribution in [0.1, 0.15) is 92.1 Å². The second-order valence-electron chi connectivity index (χ2n) is 13.8. The van der Waals surface area contributed by atoms with Crippen molar-refractivity contribution in [2.45, 2.75) is 123 Å². The summed E-state index contributed by atoms with van der Waals surface area (Å²) in [5.41, 5.74) is 0.703. The van der Waals surface area contributed by atoms with Crippen LogP contribution >= 0.6 is 0 Å². The summed E-state index contributed by atoms with van der Waals surface area (Å²) in [6.07, 6.45) is 9.47. The number of alkyl carbamates (subject to hydrolysis) is 1. The van der Waals surface area contributed by atoms with Gasteiger partial charge in [0.2, 0.25) is 11.8 Å². The van der Waals surface area contributed by atoms with Gasteiger partial charge in [-0.25, -0.2) is 9.78 Å². The number of cyclic esters (lactones) is 1. The molecular weight excluding hydrogens is 562 g/mol. The van der Waals surface area contributed by atoms with E-state index in [1.54, 1.807) is 39.2 Å². The fourth-order valence-electron chi connectivity index (χ4n) is 6.21. The molecule has 44 heavy (non-hydrogen) atoms. The lowest BCUT2D eigenvalue weighted by Gasteiger charge is -2.32. The summed E-state index contributed by atoms with van der Waals surface area (Å²) < 4.78 is 11.2. The molecule has 0 radical (unpaired) electrons. The van der Waals surface area contributed by atoms with Crippen molar-refractivity contribution in [3.63, 3.8) is 0 Å². The molecule has 1 saturated heterocycles. The van der Waals surface area contributed by atoms with Crippen LogP contribution in [0.3, 0.4) is 0 Å². The SMILES string of the molecule is CC(C)[C@H](NC(=O)[C@H](Cc1c[nH]c2ncccc12)NC(=O)OC(C)(C)C)C(=O)N[C@@H](CC1CCCCC1)[C@@H]1C[C@@H](C)C(=O)O1. The van der Waals surface area contributed by atoms with Crippen molar-refractivity contribution in [3.8, 4) is 0 Å². The Morgan fingerprint density at radius 1 is 1.09 bits per heavy atom. The van der Waals surface area contributed by atoms with Crippen LogP contribution in [0.15, 0.2) is 24.5 Å². The number of aromatic amines is 1. The minimum atomic E-state index is -1.02.